The lowest BCUT2D eigenvalue weighted by Gasteiger charge is -2.05. The Bertz CT molecular complexity index is 622. The minimum atomic E-state index is -3.72. The number of benzene rings is 1. The minimum absolute atomic E-state index is 0.0649. The Balaban J connectivity index is 2.26. The molecule has 1 heterocycles. The van der Waals surface area contributed by atoms with Crippen molar-refractivity contribution in [2.75, 3.05) is 4.72 Å². The highest BCUT2D eigenvalue weighted by Gasteiger charge is 2.16. The van der Waals surface area contributed by atoms with E-state index in [0.717, 1.165) is 6.07 Å². The highest BCUT2D eigenvalue weighted by atomic mass is 35.5. The van der Waals surface area contributed by atoms with Gasteiger partial charge < -0.3 is 0 Å². The molecule has 0 amide bonds. The summed E-state index contributed by atoms with van der Waals surface area (Å²) >= 11 is 6.25. The van der Waals surface area contributed by atoms with Crippen LogP contribution in [0.1, 0.15) is 0 Å². The van der Waals surface area contributed by atoms with Crippen molar-refractivity contribution in [3.8, 4) is 0 Å². The monoisotopic (exact) mass is 291 g/mol. The molecule has 0 saturated carbocycles. The second-order valence-corrected chi connectivity index (χ2v) is 6.55. The molecule has 3 nitrogen and oxygen atoms in total. The van der Waals surface area contributed by atoms with Gasteiger partial charge in [-0.2, -0.15) is 4.39 Å². The van der Waals surface area contributed by atoms with E-state index in [1.807, 2.05) is 0 Å². The number of rotatable bonds is 3. The van der Waals surface area contributed by atoms with E-state index in [1.54, 1.807) is 12.1 Å². The molecule has 1 aromatic carbocycles. The van der Waals surface area contributed by atoms with Crippen LogP contribution in [0.3, 0.4) is 0 Å². The fourth-order valence-corrected chi connectivity index (χ4v) is 3.35. The maximum atomic E-state index is 12.8. The lowest BCUT2D eigenvalue weighted by atomic mass is 10.3. The SMILES string of the molecule is O=S(=O)(Nc1ccc(Cl)cc1)c1ccc(F)s1. The zero-order chi connectivity index (χ0) is 12.5. The number of halogens is 2. The maximum Gasteiger partial charge on any atom is 0.271 e. The summed E-state index contributed by atoms with van der Waals surface area (Å²) in [5, 5.41) is -0.0309. The molecule has 1 N–H and O–H groups in total. The summed E-state index contributed by atoms with van der Waals surface area (Å²) in [6.45, 7) is 0. The van der Waals surface area contributed by atoms with Gasteiger partial charge in [-0.3, -0.25) is 4.72 Å². The summed E-state index contributed by atoms with van der Waals surface area (Å²) < 4.78 is 38.6. The van der Waals surface area contributed by atoms with E-state index in [-0.39, 0.29) is 4.21 Å². The lowest BCUT2D eigenvalue weighted by molar-refractivity contribution is 0.603. The minimum Gasteiger partial charge on any atom is -0.279 e. The quantitative estimate of drug-likeness (QED) is 0.943. The van der Waals surface area contributed by atoms with Gasteiger partial charge in [-0.15, -0.1) is 0 Å². The summed E-state index contributed by atoms with van der Waals surface area (Å²) in [7, 11) is -3.72. The third kappa shape index (κ3) is 2.96. The molecule has 17 heavy (non-hydrogen) atoms. The molecule has 0 saturated heterocycles. The Morgan fingerprint density at radius 3 is 2.29 bits per heavy atom. The molecule has 2 aromatic rings. The molecule has 0 fully saturated rings. The maximum absolute atomic E-state index is 12.8. The first kappa shape index (κ1) is 12.3. The Hall–Kier alpha value is -1.11. The third-order valence-corrected chi connectivity index (χ3v) is 4.91. The van der Waals surface area contributed by atoms with Crippen LogP contribution < -0.4 is 4.72 Å². The summed E-state index contributed by atoms with van der Waals surface area (Å²) in [4.78, 5) is 0. The van der Waals surface area contributed by atoms with Gasteiger partial charge in [-0.1, -0.05) is 22.9 Å². The Labute approximate surface area is 107 Å². The number of anilines is 1. The Kier molecular flexibility index (Phi) is 3.37. The second kappa shape index (κ2) is 4.64. The summed E-state index contributed by atoms with van der Waals surface area (Å²) in [5.74, 6) is 0. The molecule has 0 aliphatic rings. The van der Waals surface area contributed by atoms with Crippen molar-refractivity contribution in [3.63, 3.8) is 0 Å². The van der Waals surface area contributed by atoms with Crippen molar-refractivity contribution in [1.82, 2.24) is 0 Å². The standard InChI is InChI=1S/C10H7ClFNO2S2/c11-7-1-3-8(4-2-7)13-17(14,15)10-6-5-9(12)16-10/h1-6,13H. The highest BCUT2D eigenvalue weighted by molar-refractivity contribution is 7.94. The van der Waals surface area contributed by atoms with Gasteiger partial charge in [0.05, 0.1) is 0 Å². The molecule has 0 spiro atoms. The Morgan fingerprint density at radius 2 is 1.76 bits per heavy atom. The molecule has 0 unspecified atom stereocenters. The second-order valence-electron chi connectivity index (χ2n) is 3.17. The van der Waals surface area contributed by atoms with E-state index < -0.39 is 15.2 Å². The summed E-state index contributed by atoms with van der Waals surface area (Å²) in [6, 6.07) is 8.52. The molecule has 1 aromatic heterocycles. The van der Waals surface area contributed by atoms with Crippen LogP contribution in [-0.4, -0.2) is 8.42 Å². The van der Waals surface area contributed by atoms with Gasteiger partial charge >= 0.3 is 0 Å². The number of sulfonamides is 1. The molecule has 7 heteroatoms. The zero-order valence-electron chi connectivity index (χ0n) is 8.35. The largest absolute Gasteiger partial charge is 0.279 e. The van der Waals surface area contributed by atoms with Crippen molar-refractivity contribution < 1.29 is 12.8 Å². The van der Waals surface area contributed by atoms with Crippen LogP contribution in [0.15, 0.2) is 40.6 Å². The van der Waals surface area contributed by atoms with Gasteiger partial charge in [0, 0.05) is 10.7 Å². The van der Waals surface area contributed by atoms with Crippen LogP contribution in [0, 0.1) is 5.13 Å². The van der Waals surface area contributed by atoms with Crippen molar-refractivity contribution in [1.29, 1.82) is 0 Å². The van der Waals surface area contributed by atoms with E-state index in [4.69, 9.17) is 11.6 Å². The van der Waals surface area contributed by atoms with E-state index in [9.17, 15) is 12.8 Å². The van der Waals surface area contributed by atoms with Gasteiger partial charge in [0.1, 0.15) is 4.21 Å². The fraction of sp³-hybridized carbons (Fsp3) is 0. The van der Waals surface area contributed by atoms with Gasteiger partial charge in [0.15, 0.2) is 5.13 Å². The molecular formula is C10H7ClFNO2S2. The summed E-state index contributed by atoms with van der Waals surface area (Å²) in [5.41, 5.74) is 0.378. The van der Waals surface area contributed by atoms with Gasteiger partial charge in [0.25, 0.3) is 10.0 Å². The molecule has 0 bridgehead atoms. The van der Waals surface area contributed by atoms with Crippen LogP contribution in [0.4, 0.5) is 10.1 Å². The van der Waals surface area contributed by atoms with Crippen LogP contribution in [0.2, 0.25) is 5.02 Å². The predicted molar refractivity (Wildman–Crippen MR) is 66.5 cm³/mol. The third-order valence-electron chi connectivity index (χ3n) is 1.91. The average molecular weight is 292 g/mol. The van der Waals surface area contributed by atoms with Crippen LogP contribution in [0.5, 0.6) is 0 Å². The molecule has 0 atom stereocenters. The molecule has 0 aliphatic carbocycles. The van der Waals surface area contributed by atoms with Crippen LogP contribution in [-0.2, 0) is 10.0 Å². The van der Waals surface area contributed by atoms with Crippen molar-refractivity contribution in [3.05, 3.63) is 46.6 Å². The first-order chi connectivity index (χ1) is 7.97. The molecule has 90 valence electrons. The van der Waals surface area contributed by atoms with Crippen LogP contribution in [0.25, 0.3) is 0 Å². The number of nitrogens with one attached hydrogen (secondary N) is 1. The van der Waals surface area contributed by atoms with Gasteiger partial charge in [-0.05, 0) is 36.4 Å². The van der Waals surface area contributed by atoms with Crippen molar-refractivity contribution >= 4 is 38.6 Å². The molecular weight excluding hydrogens is 285 g/mol. The van der Waals surface area contributed by atoms with Crippen molar-refractivity contribution in [2.45, 2.75) is 4.21 Å². The first-order valence-corrected chi connectivity index (χ1v) is 7.19. The number of thiophene rings is 1. The van der Waals surface area contributed by atoms with Gasteiger partial charge in [0.2, 0.25) is 0 Å². The smallest absolute Gasteiger partial charge is 0.271 e. The van der Waals surface area contributed by atoms with E-state index in [1.165, 1.54) is 18.2 Å². The van der Waals surface area contributed by atoms with E-state index >= 15 is 0 Å². The predicted octanol–water partition coefficient (Wildman–Crippen LogP) is 3.34. The average Bonchev–Trinajstić information content (AvgIpc) is 2.69. The number of hydrogen-bond donors (Lipinski definition) is 1. The highest BCUT2D eigenvalue weighted by Crippen LogP contribution is 2.23. The fourth-order valence-electron chi connectivity index (χ4n) is 1.17. The molecule has 2 rings (SSSR count). The van der Waals surface area contributed by atoms with Crippen LogP contribution >= 0.6 is 22.9 Å². The zero-order valence-corrected chi connectivity index (χ0v) is 10.7. The summed E-state index contributed by atoms with van der Waals surface area (Å²) in [6.07, 6.45) is 0. The Morgan fingerprint density at radius 1 is 1.12 bits per heavy atom. The lowest BCUT2D eigenvalue weighted by Crippen LogP contribution is -2.11. The van der Waals surface area contributed by atoms with Crippen molar-refractivity contribution in [2.24, 2.45) is 0 Å². The topological polar surface area (TPSA) is 46.2 Å². The molecule has 0 aliphatic heterocycles. The molecule has 0 radical (unpaired) electrons. The van der Waals surface area contributed by atoms with E-state index in [0.29, 0.717) is 22.0 Å². The number of hydrogen-bond acceptors (Lipinski definition) is 3. The van der Waals surface area contributed by atoms with Gasteiger partial charge in [-0.25, -0.2) is 8.42 Å². The van der Waals surface area contributed by atoms with E-state index in [2.05, 4.69) is 4.72 Å². The first-order valence-electron chi connectivity index (χ1n) is 4.51. The normalized spacial score (nSPS) is 11.4.